The van der Waals surface area contributed by atoms with E-state index in [1.54, 1.807) is 30.3 Å². The first-order chi connectivity index (χ1) is 11.0. The Morgan fingerprint density at radius 1 is 1.17 bits per heavy atom. The third-order valence-electron chi connectivity index (χ3n) is 3.99. The van der Waals surface area contributed by atoms with E-state index in [1.807, 2.05) is 18.2 Å². The van der Waals surface area contributed by atoms with E-state index in [9.17, 15) is 4.79 Å². The largest absolute Gasteiger partial charge is 0.379 e. The fraction of sp³-hybridized carbons (Fsp3) is 0.200. The molecule has 0 atom stereocenters. The summed E-state index contributed by atoms with van der Waals surface area (Å²) in [7, 11) is 0. The van der Waals surface area contributed by atoms with Gasteiger partial charge in [-0.25, -0.2) is 0 Å². The number of rotatable bonds is 2. The van der Waals surface area contributed by atoms with Gasteiger partial charge in [-0.3, -0.25) is 4.79 Å². The average Bonchev–Trinajstić information content (AvgIpc) is 2.54. The Bertz CT molecular complexity index is 823. The first-order valence-electron chi connectivity index (χ1n) is 7.61. The molecule has 0 amide bonds. The van der Waals surface area contributed by atoms with Crippen LogP contribution in [0.25, 0.3) is 5.70 Å². The van der Waals surface area contributed by atoms with Crippen molar-refractivity contribution in [3.8, 4) is 6.07 Å². The predicted octanol–water partition coefficient (Wildman–Crippen LogP) is 3.71. The van der Waals surface area contributed by atoms with Crippen LogP contribution < -0.4 is 5.32 Å². The van der Waals surface area contributed by atoms with Crippen LogP contribution in [0, 0.1) is 11.3 Å². The standard InChI is InChI=1S/C20H18N2O/c1-20(2)12-16-5-3-4-6-17(16)18(22-20)11-19(23)15-9-7-14(13-21)8-10-15/h3-11,22H,12H2,1-2H3/b18-11-. The maximum absolute atomic E-state index is 12.5. The van der Waals surface area contributed by atoms with Crippen molar-refractivity contribution in [1.29, 1.82) is 5.26 Å². The van der Waals surface area contributed by atoms with Crippen molar-refractivity contribution in [1.82, 2.24) is 5.32 Å². The number of ketones is 1. The van der Waals surface area contributed by atoms with Crippen LogP contribution >= 0.6 is 0 Å². The lowest BCUT2D eigenvalue weighted by atomic mass is 9.85. The number of allylic oxidation sites excluding steroid dienone is 1. The molecule has 0 aliphatic carbocycles. The lowest BCUT2D eigenvalue weighted by Gasteiger charge is -2.35. The molecule has 0 saturated heterocycles. The topological polar surface area (TPSA) is 52.9 Å². The highest BCUT2D eigenvalue weighted by atomic mass is 16.1. The molecule has 1 N–H and O–H groups in total. The molecule has 0 radical (unpaired) electrons. The SMILES string of the molecule is CC1(C)Cc2ccccc2/C(=C/C(=O)c2ccc(C#N)cc2)N1. The number of nitriles is 1. The van der Waals surface area contributed by atoms with Crippen molar-refractivity contribution in [2.24, 2.45) is 0 Å². The number of nitrogens with zero attached hydrogens (tertiary/aromatic N) is 1. The summed E-state index contributed by atoms with van der Waals surface area (Å²) >= 11 is 0. The Labute approximate surface area is 136 Å². The van der Waals surface area contributed by atoms with Gasteiger partial charge >= 0.3 is 0 Å². The molecule has 1 heterocycles. The van der Waals surface area contributed by atoms with Crippen LogP contribution in [0.2, 0.25) is 0 Å². The second kappa shape index (κ2) is 5.73. The molecule has 23 heavy (non-hydrogen) atoms. The molecule has 0 fully saturated rings. The highest BCUT2D eigenvalue weighted by Gasteiger charge is 2.27. The van der Waals surface area contributed by atoms with E-state index in [-0.39, 0.29) is 11.3 Å². The molecule has 0 spiro atoms. The molecule has 1 aliphatic rings. The van der Waals surface area contributed by atoms with Crippen molar-refractivity contribution >= 4 is 11.5 Å². The zero-order valence-electron chi connectivity index (χ0n) is 13.3. The van der Waals surface area contributed by atoms with Gasteiger partial charge in [0.25, 0.3) is 0 Å². The fourth-order valence-electron chi connectivity index (χ4n) is 2.93. The van der Waals surface area contributed by atoms with Crippen LogP contribution in [0.5, 0.6) is 0 Å². The molecule has 1 aliphatic heterocycles. The van der Waals surface area contributed by atoms with Gasteiger partial charge < -0.3 is 5.32 Å². The molecule has 3 rings (SSSR count). The van der Waals surface area contributed by atoms with Gasteiger partial charge in [-0.05, 0) is 50.1 Å². The number of hydrogen-bond acceptors (Lipinski definition) is 3. The van der Waals surface area contributed by atoms with Gasteiger partial charge in [-0.1, -0.05) is 24.3 Å². The maximum Gasteiger partial charge on any atom is 0.187 e. The molecule has 114 valence electrons. The molecular weight excluding hydrogens is 284 g/mol. The number of fused-ring (bicyclic) bond motifs is 1. The van der Waals surface area contributed by atoms with E-state index in [0.29, 0.717) is 11.1 Å². The quantitative estimate of drug-likeness (QED) is 0.679. The Morgan fingerprint density at radius 3 is 2.57 bits per heavy atom. The summed E-state index contributed by atoms with van der Waals surface area (Å²) in [5, 5.41) is 12.3. The smallest absolute Gasteiger partial charge is 0.187 e. The number of carbonyl (C=O) groups excluding carboxylic acids is 1. The lowest BCUT2D eigenvalue weighted by Crippen LogP contribution is -2.43. The minimum atomic E-state index is -0.0921. The number of carbonyl (C=O) groups is 1. The summed E-state index contributed by atoms with van der Waals surface area (Å²) in [6, 6.07) is 16.9. The number of hydrogen-bond donors (Lipinski definition) is 1. The van der Waals surface area contributed by atoms with Gasteiger partial charge in [0.1, 0.15) is 0 Å². The van der Waals surface area contributed by atoms with Gasteiger partial charge in [0, 0.05) is 28.4 Å². The minimum absolute atomic E-state index is 0.0653. The third kappa shape index (κ3) is 3.17. The van der Waals surface area contributed by atoms with Crippen LogP contribution in [0.3, 0.4) is 0 Å². The molecule has 0 unspecified atom stereocenters. The summed E-state index contributed by atoms with van der Waals surface area (Å²) in [6.07, 6.45) is 2.58. The lowest BCUT2D eigenvalue weighted by molar-refractivity contribution is 0.104. The first kappa shape index (κ1) is 15.1. The minimum Gasteiger partial charge on any atom is -0.379 e. The van der Waals surface area contributed by atoms with Gasteiger partial charge in [-0.15, -0.1) is 0 Å². The molecule has 2 aromatic rings. The van der Waals surface area contributed by atoms with E-state index < -0.39 is 0 Å². The summed E-state index contributed by atoms with van der Waals surface area (Å²) in [5.74, 6) is -0.0653. The fourth-order valence-corrected chi connectivity index (χ4v) is 2.93. The number of benzene rings is 2. The normalized spacial score (nSPS) is 17.0. The van der Waals surface area contributed by atoms with E-state index >= 15 is 0 Å². The van der Waals surface area contributed by atoms with E-state index in [1.165, 1.54) is 5.56 Å². The summed E-state index contributed by atoms with van der Waals surface area (Å²) in [4.78, 5) is 12.5. The second-order valence-electron chi connectivity index (χ2n) is 6.45. The molecular formula is C20H18N2O. The predicted molar refractivity (Wildman–Crippen MR) is 90.8 cm³/mol. The van der Waals surface area contributed by atoms with Gasteiger partial charge in [0.2, 0.25) is 0 Å². The Kier molecular flexibility index (Phi) is 3.75. The highest BCUT2D eigenvalue weighted by Crippen LogP contribution is 2.29. The van der Waals surface area contributed by atoms with Gasteiger partial charge in [0.15, 0.2) is 5.78 Å². The zero-order valence-corrected chi connectivity index (χ0v) is 13.3. The van der Waals surface area contributed by atoms with Gasteiger partial charge in [-0.2, -0.15) is 5.26 Å². The van der Waals surface area contributed by atoms with E-state index in [2.05, 4.69) is 31.3 Å². The van der Waals surface area contributed by atoms with Crippen molar-refractivity contribution in [2.75, 3.05) is 0 Å². The molecule has 0 saturated carbocycles. The summed E-state index contributed by atoms with van der Waals surface area (Å²) in [5.41, 5.74) is 4.22. The monoisotopic (exact) mass is 302 g/mol. The van der Waals surface area contributed by atoms with Crippen LogP contribution in [0.15, 0.2) is 54.6 Å². The van der Waals surface area contributed by atoms with Crippen LogP contribution in [0.1, 0.15) is 40.9 Å². The van der Waals surface area contributed by atoms with Crippen molar-refractivity contribution < 1.29 is 4.79 Å². The molecule has 0 bridgehead atoms. The van der Waals surface area contributed by atoms with Crippen LogP contribution in [-0.4, -0.2) is 11.3 Å². The van der Waals surface area contributed by atoms with Crippen LogP contribution in [-0.2, 0) is 6.42 Å². The van der Waals surface area contributed by atoms with Gasteiger partial charge in [0.05, 0.1) is 11.6 Å². The van der Waals surface area contributed by atoms with E-state index in [4.69, 9.17) is 5.26 Å². The zero-order chi connectivity index (χ0) is 16.4. The molecule has 3 nitrogen and oxygen atoms in total. The highest BCUT2D eigenvalue weighted by molar-refractivity contribution is 6.08. The Hall–Kier alpha value is -2.86. The maximum atomic E-state index is 12.5. The van der Waals surface area contributed by atoms with Crippen LogP contribution in [0.4, 0.5) is 0 Å². The third-order valence-corrected chi connectivity index (χ3v) is 3.99. The average molecular weight is 302 g/mol. The van der Waals surface area contributed by atoms with Crippen molar-refractivity contribution in [2.45, 2.75) is 25.8 Å². The molecule has 0 aromatic heterocycles. The van der Waals surface area contributed by atoms with E-state index in [0.717, 1.165) is 17.7 Å². The van der Waals surface area contributed by atoms with Crippen molar-refractivity contribution in [3.05, 3.63) is 76.9 Å². The van der Waals surface area contributed by atoms with Crippen molar-refractivity contribution in [3.63, 3.8) is 0 Å². The Balaban J connectivity index is 1.97. The second-order valence-corrected chi connectivity index (χ2v) is 6.45. The number of nitrogens with one attached hydrogen (secondary N) is 1. The summed E-state index contributed by atoms with van der Waals surface area (Å²) in [6.45, 7) is 4.26. The molecule has 2 aromatic carbocycles. The first-order valence-corrected chi connectivity index (χ1v) is 7.61. The molecule has 3 heteroatoms. The Morgan fingerprint density at radius 2 is 1.87 bits per heavy atom. The summed E-state index contributed by atoms with van der Waals surface area (Å²) < 4.78 is 0.